The van der Waals surface area contributed by atoms with Gasteiger partial charge in [0.15, 0.2) is 11.5 Å². The lowest BCUT2D eigenvalue weighted by molar-refractivity contribution is -0.121. The third kappa shape index (κ3) is 4.98. The minimum absolute atomic E-state index is 0.0967. The highest BCUT2D eigenvalue weighted by molar-refractivity contribution is 5.84. The average Bonchev–Trinajstić information content (AvgIpc) is 2.51. The summed E-state index contributed by atoms with van der Waals surface area (Å²) < 4.78 is 15.7. The van der Waals surface area contributed by atoms with Gasteiger partial charge in [-0.25, -0.2) is 5.43 Å². The van der Waals surface area contributed by atoms with E-state index in [0.717, 1.165) is 18.4 Å². The molecule has 0 aromatic heterocycles. The molecule has 1 aromatic carbocycles. The lowest BCUT2D eigenvalue weighted by Crippen LogP contribution is -2.16. The molecule has 0 atom stereocenters. The van der Waals surface area contributed by atoms with Gasteiger partial charge in [-0.3, -0.25) is 4.79 Å². The quantitative estimate of drug-likeness (QED) is 0.590. The maximum atomic E-state index is 11.4. The smallest absolute Gasteiger partial charge is 0.240 e. The number of methoxy groups -OCH3 is 3. The maximum absolute atomic E-state index is 11.4. The van der Waals surface area contributed by atoms with Crippen molar-refractivity contribution in [2.75, 3.05) is 21.3 Å². The molecule has 21 heavy (non-hydrogen) atoms. The predicted octanol–water partition coefficient (Wildman–Crippen LogP) is 2.35. The molecule has 116 valence electrons. The Balaban J connectivity index is 2.81. The Hall–Kier alpha value is -2.24. The van der Waals surface area contributed by atoms with E-state index in [-0.39, 0.29) is 5.91 Å². The van der Waals surface area contributed by atoms with Crippen LogP contribution < -0.4 is 19.6 Å². The molecule has 6 nitrogen and oxygen atoms in total. The van der Waals surface area contributed by atoms with Crippen molar-refractivity contribution in [3.05, 3.63) is 17.7 Å². The summed E-state index contributed by atoms with van der Waals surface area (Å²) >= 11 is 0. The van der Waals surface area contributed by atoms with Gasteiger partial charge in [0, 0.05) is 12.0 Å². The summed E-state index contributed by atoms with van der Waals surface area (Å²) in [5.41, 5.74) is 3.22. The van der Waals surface area contributed by atoms with Crippen molar-refractivity contribution in [3.8, 4) is 17.2 Å². The molecule has 0 aliphatic heterocycles. The van der Waals surface area contributed by atoms with E-state index in [1.54, 1.807) is 33.5 Å². The molecule has 0 aliphatic rings. The van der Waals surface area contributed by atoms with Gasteiger partial charge in [-0.15, -0.1) is 0 Å². The Morgan fingerprint density at radius 1 is 1.19 bits per heavy atom. The molecule has 1 aromatic rings. The van der Waals surface area contributed by atoms with E-state index < -0.39 is 0 Å². The zero-order chi connectivity index (χ0) is 15.7. The first kappa shape index (κ1) is 16.8. The summed E-state index contributed by atoms with van der Waals surface area (Å²) in [7, 11) is 4.64. The van der Waals surface area contributed by atoms with Crippen molar-refractivity contribution in [3.63, 3.8) is 0 Å². The first-order valence-electron chi connectivity index (χ1n) is 6.78. The number of ether oxygens (including phenoxy) is 3. The molecule has 0 fully saturated rings. The third-order valence-corrected chi connectivity index (χ3v) is 2.85. The molecule has 0 radical (unpaired) electrons. The fourth-order valence-corrected chi connectivity index (χ4v) is 1.75. The number of amides is 1. The molecular formula is C15H22N2O4. The van der Waals surface area contributed by atoms with Crippen LogP contribution in [0.2, 0.25) is 0 Å². The molecule has 0 heterocycles. The summed E-state index contributed by atoms with van der Waals surface area (Å²) in [6.45, 7) is 2.03. The number of carbonyl (C=O) groups excluding carboxylic acids is 1. The molecule has 0 saturated heterocycles. The van der Waals surface area contributed by atoms with E-state index in [1.807, 2.05) is 6.92 Å². The number of benzene rings is 1. The van der Waals surface area contributed by atoms with Crippen LogP contribution in [-0.2, 0) is 4.79 Å². The summed E-state index contributed by atoms with van der Waals surface area (Å²) in [6, 6.07) is 3.51. The zero-order valence-electron chi connectivity index (χ0n) is 12.9. The SMILES string of the molecule is CCCCC(=O)NN=Cc1cc(OC)c(OC)c(OC)c1. The van der Waals surface area contributed by atoms with Gasteiger partial charge in [0.25, 0.3) is 0 Å². The second kappa shape index (κ2) is 8.84. The highest BCUT2D eigenvalue weighted by atomic mass is 16.5. The van der Waals surface area contributed by atoms with Crippen molar-refractivity contribution in [1.82, 2.24) is 5.43 Å². The monoisotopic (exact) mass is 294 g/mol. The number of rotatable bonds is 8. The van der Waals surface area contributed by atoms with Crippen LogP contribution in [0.15, 0.2) is 17.2 Å². The average molecular weight is 294 g/mol. The Labute approximate surface area is 125 Å². The number of carbonyl (C=O) groups is 1. The van der Waals surface area contributed by atoms with E-state index in [2.05, 4.69) is 10.5 Å². The van der Waals surface area contributed by atoms with Crippen LogP contribution in [0.5, 0.6) is 17.2 Å². The molecule has 0 bridgehead atoms. The van der Waals surface area contributed by atoms with Gasteiger partial charge < -0.3 is 14.2 Å². The highest BCUT2D eigenvalue weighted by Crippen LogP contribution is 2.37. The van der Waals surface area contributed by atoms with Crippen molar-refractivity contribution in [2.24, 2.45) is 5.10 Å². The van der Waals surface area contributed by atoms with Gasteiger partial charge in [0.1, 0.15) is 0 Å². The van der Waals surface area contributed by atoms with E-state index in [4.69, 9.17) is 14.2 Å². The maximum Gasteiger partial charge on any atom is 0.240 e. The van der Waals surface area contributed by atoms with Gasteiger partial charge in [-0.1, -0.05) is 13.3 Å². The van der Waals surface area contributed by atoms with Crippen molar-refractivity contribution in [2.45, 2.75) is 26.2 Å². The second-order valence-corrected chi connectivity index (χ2v) is 4.36. The summed E-state index contributed by atoms with van der Waals surface area (Å²) in [5.74, 6) is 1.50. The number of nitrogens with one attached hydrogen (secondary N) is 1. The Bertz CT molecular complexity index is 475. The van der Waals surface area contributed by atoms with Gasteiger partial charge in [0.05, 0.1) is 27.5 Å². The van der Waals surface area contributed by atoms with Crippen molar-refractivity contribution in [1.29, 1.82) is 0 Å². The lowest BCUT2D eigenvalue weighted by atomic mass is 10.2. The van der Waals surface area contributed by atoms with Crippen molar-refractivity contribution < 1.29 is 19.0 Å². The molecular weight excluding hydrogens is 272 g/mol. The van der Waals surface area contributed by atoms with E-state index >= 15 is 0 Å². The molecule has 6 heteroatoms. The van der Waals surface area contributed by atoms with Crippen LogP contribution in [0.3, 0.4) is 0 Å². The molecule has 1 amide bonds. The number of unbranched alkanes of at least 4 members (excludes halogenated alkanes) is 1. The number of hydrazone groups is 1. The van der Waals surface area contributed by atoms with Crippen LogP contribution in [0.4, 0.5) is 0 Å². The second-order valence-electron chi connectivity index (χ2n) is 4.36. The van der Waals surface area contributed by atoms with Crippen LogP contribution >= 0.6 is 0 Å². The Morgan fingerprint density at radius 2 is 1.81 bits per heavy atom. The molecule has 0 spiro atoms. The normalized spacial score (nSPS) is 10.5. The van der Waals surface area contributed by atoms with Crippen molar-refractivity contribution >= 4 is 12.1 Å². The molecule has 0 unspecified atom stereocenters. The van der Waals surface area contributed by atoms with E-state index in [0.29, 0.717) is 23.7 Å². The van der Waals surface area contributed by atoms with Crippen LogP contribution in [-0.4, -0.2) is 33.5 Å². The van der Waals surface area contributed by atoms with Crippen LogP contribution in [0, 0.1) is 0 Å². The van der Waals surface area contributed by atoms with Gasteiger partial charge in [-0.05, 0) is 18.6 Å². The standard InChI is InChI=1S/C15H22N2O4/c1-5-6-7-14(18)17-16-10-11-8-12(19-2)15(21-4)13(9-11)20-3/h8-10H,5-7H2,1-4H3,(H,17,18). The zero-order valence-corrected chi connectivity index (χ0v) is 12.9. The van der Waals surface area contributed by atoms with Crippen LogP contribution in [0.1, 0.15) is 31.7 Å². The third-order valence-electron chi connectivity index (χ3n) is 2.85. The number of hydrogen-bond donors (Lipinski definition) is 1. The Kier molecular flexibility index (Phi) is 7.08. The largest absolute Gasteiger partial charge is 0.493 e. The number of hydrogen-bond acceptors (Lipinski definition) is 5. The minimum Gasteiger partial charge on any atom is -0.493 e. The fourth-order valence-electron chi connectivity index (χ4n) is 1.75. The molecule has 0 saturated carbocycles. The van der Waals surface area contributed by atoms with Gasteiger partial charge in [0.2, 0.25) is 11.7 Å². The molecule has 1 N–H and O–H groups in total. The summed E-state index contributed by atoms with van der Waals surface area (Å²) in [5, 5.41) is 3.92. The molecule has 1 rings (SSSR count). The Morgan fingerprint density at radius 3 is 2.29 bits per heavy atom. The minimum atomic E-state index is -0.0967. The summed E-state index contributed by atoms with van der Waals surface area (Å²) in [4.78, 5) is 11.4. The predicted molar refractivity (Wildman–Crippen MR) is 81.4 cm³/mol. The van der Waals surface area contributed by atoms with E-state index in [1.165, 1.54) is 6.21 Å². The van der Waals surface area contributed by atoms with E-state index in [9.17, 15) is 4.79 Å². The molecule has 0 aliphatic carbocycles. The van der Waals surface area contributed by atoms with Gasteiger partial charge in [-0.2, -0.15) is 5.10 Å². The van der Waals surface area contributed by atoms with Crippen LogP contribution in [0.25, 0.3) is 0 Å². The highest BCUT2D eigenvalue weighted by Gasteiger charge is 2.12. The first-order valence-corrected chi connectivity index (χ1v) is 6.78. The summed E-state index contributed by atoms with van der Waals surface area (Å²) in [6.07, 6.45) is 3.84. The lowest BCUT2D eigenvalue weighted by Gasteiger charge is -2.12. The number of nitrogens with zero attached hydrogens (tertiary/aromatic N) is 1. The topological polar surface area (TPSA) is 69.2 Å². The fraction of sp³-hybridized carbons (Fsp3) is 0.467. The first-order chi connectivity index (χ1) is 10.2. The van der Waals surface area contributed by atoms with Gasteiger partial charge >= 0.3 is 0 Å².